The van der Waals surface area contributed by atoms with Crippen molar-refractivity contribution in [3.63, 3.8) is 0 Å². The minimum Gasteiger partial charge on any atom is -0.478 e. The van der Waals surface area contributed by atoms with Crippen molar-refractivity contribution < 1.29 is 9.90 Å². The number of aliphatic carboxylic acids is 1. The zero-order chi connectivity index (χ0) is 21.0. The number of carbonyl (C=O) groups is 1. The van der Waals surface area contributed by atoms with Crippen LogP contribution in [-0.2, 0) is 15.6 Å². The minimum atomic E-state index is -0.819. The Bertz CT molecular complexity index is 689. The summed E-state index contributed by atoms with van der Waals surface area (Å²) in [4.78, 5) is 11.3. The van der Waals surface area contributed by atoms with Crippen molar-refractivity contribution in [3.05, 3.63) is 58.2 Å². The molecule has 2 nitrogen and oxygen atoms in total. The van der Waals surface area contributed by atoms with Crippen LogP contribution >= 0.6 is 0 Å². The molecule has 2 heteroatoms. The van der Waals surface area contributed by atoms with Crippen molar-refractivity contribution in [3.8, 4) is 0 Å². The Balaban J connectivity index is 3.15. The summed E-state index contributed by atoms with van der Waals surface area (Å²) < 4.78 is 0. The Labute approximate surface area is 166 Å². The van der Waals surface area contributed by atoms with Gasteiger partial charge in [-0.05, 0) is 58.8 Å². The second-order valence-electron chi connectivity index (χ2n) is 9.70. The standard InChI is InChI=1S/C25H38O2/c1-10-22(23(26)27)18(3)13-11-12-17(2)19-14-20(24(4,5)6)16-21(15-19)25(7,8)9/h11,13-17H,10,12H2,1-9H3,(H,26,27). The van der Waals surface area contributed by atoms with Crippen LogP contribution in [0.15, 0.2) is 41.5 Å². The van der Waals surface area contributed by atoms with Gasteiger partial charge in [0.1, 0.15) is 0 Å². The van der Waals surface area contributed by atoms with Crippen LogP contribution in [-0.4, -0.2) is 11.1 Å². The number of hydrogen-bond acceptors (Lipinski definition) is 1. The molecule has 0 radical (unpaired) electrons. The molecule has 0 heterocycles. The van der Waals surface area contributed by atoms with Gasteiger partial charge in [-0.2, -0.15) is 0 Å². The molecule has 1 aromatic carbocycles. The largest absolute Gasteiger partial charge is 0.478 e. The van der Waals surface area contributed by atoms with E-state index in [0.29, 0.717) is 17.9 Å². The zero-order valence-corrected chi connectivity index (χ0v) is 18.7. The normalized spacial score (nSPS) is 15.0. The van der Waals surface area contributed by atoms with Crippen molar-refractivity contribution in [1.29, 1.82) is 0 Å². The quantitative estimate of drug-likeness (QED) is 0.426. The Kier molecular flexibility index (Phi) is 7.66. The molecular formula is C25H38O2. The lowest BCUT2D eigenvalue weighted by Gasteiger charge is -2.27. The van der Waals surface area contributed by atoms with Crippen molar-refractivity contribution in [2.75, 3.05) is 0 Å². The lowest BCUT2D eigenvalue weighted by Crippen LogP contribution is -2.17. The molecule has 0 aromatic heterocycles. The molecule has 1 atom stereocenters. The molecule has 0 aliphatic heterocycles. The van der Waals surface area contributed by atoms with Gasteiger partial charge in [0, 0.05) is 5.57 Å². The van der Waals surface area contributed by atoms with E-state index in [2.05, 4.69) is 72.7 Å². The van der Waals surface area contributed by atoms with E-state index in [4.69, 9.17) is 0 Å². The Hall–Kier alpha value is -1.83. The number of carboxylic acids is 1. The fourth-order valence-corrected chi connectivity index (χ4v) is 3.09. The summed E-state index contributed by atoms with van der Waals surface area (Å²) in [5.74, 6) is -0.437. The second kappa shape index (κ2) is 8.91. The molecule has 0 aliphatic rings. The van der Waals surface area contributed by atoms with Crippen LogP contribution in [0.1, 0.15) is 97.8 Å². The first-order valence-corrected chi connectivity index (χ1v) is 10.0. The molecule has 150 valence electrons. The summed E-state index contributed by atoms with van der Waals surface area (Å²) in [7, 11) is 0. The van der Waals surface area contributed by atoms with Crippen molar-refractivity contribution >= 4 is 5.97 Å². The first-order valence-electron chi connectivity index (χ1n) is 10.0. The molecular weight excluding hydrogens is 332 g/mol. The summed E-state index contributed by atoms with van der Waals surface area (Å²) in [6.45, 7) is 19.6. The Morgan fingerprint density at radius 3 is 1.89 bits per heavy atom. The van der Waals surface area contributed by atoms with E-state index >= 15 is 0 Å². The van der Waals surface area contributed by atoms with Crippen molar-refractivity contribution in [2.45, 2.75) is 91.9 Å². The Morgan fingerprint density at radius 1 is 1.04 bits per heavy atom. The van der Waals surface area contributed by atoms with E-state index in [1.54, 1.807) is 0 Å². The molecule has 0 saturated carbocycles. The number of carboxylic acid groups (broad SMARTS) is 1. The third-order valence-corrected chi connectivity index (χ3v) is 5.20. The average Bonchev–Trinajstić information content (AvgIpc) is 2.52. The van der Waals surface area contributed by atoms with Gasteiger partial charge >= 0.3 is 5.97 Å². The second-order valence-corrected chi connectivity index (χ2v) is 9.70. The van der Waals surface area contributed by atoms with Gasteiger partial charge in [0.2, 0.25) is 0 Å². The molecule has 0 fully saturated rings. The molecule has 1 unspecified atom stereocenters. The highest BCUT2D eigenvalue weighted by Gasteiger charge is 2.21. The summed E-state index contributed by atoms with van der Waals surface area (Å²) >= 11 is 0. The first kappa shape index (κ1) is 23.2. The Morgan fingerprint density at radius 2 is 1.52 bits per heavy atom. The van der Waals surface area contributed by atoms with Crippen LogP contribution in [0.2, 0.25) is 0 Å². The van der Waals surface area contributed by atoms with E-state index in [1.165, 1.54) is 16.7 Å². The van der Waals surface area contributed by atoms with Crippen LogP contribution in [0, 0.1) is 0 Å². The van der Waals surface area contributed by atoms with Crippen LogP contribution in [0.4, 0.5) is 0 Å². The molecule has 0 aliphatic carbocycles. The number of hydrogen-bond donors (Lipinski definition) is 1. The van der Waals surface area contributed by atoms with Crippen LogP contribution in [0.5, 0.6) is 0 Å². The lowest BCUT2D eigenvalue weighted by atomic mass is 9.78. The topological polar surface area (TPSA) is 37.3 Å². The monoisotopic (exact) mass is 370 g/mol. The lowest BCUT2D eigenvalue weighted by molar-refractivity contribution is -0.132. The third-order valence-electron chi connectivity index (χ3n) is 5.20. The number of allylic oxidation sites excluding steroid dienone is 3. The molecule has 27 heavy (non-hydrogen) atoms. The summed E-state index contributed by atoms with van der Waals surface area (Å²) in [5, 5.41) is 9.25. The summed E-state index contributed by atoms with van der Waals surface area (Å²) in [6, 6.07) is 7.02. The van der Waals surface area contributed by atoms with Crippen LogP contribution in [0.3, 0.4) is 0 Å². The van der Waals surface area contributed by atoms with Gasteiger partial charge in [-0.25, -0.2) is 4.79 Å². The maximum atomic E-state index is 11.3. The predicted molar refractivity (Wildman–Crippen MR) is 117 cm³/mol. The number of rotatable bonds is 6. The molecule has 1 aromatic rings. The molecule has 0 saturated heterocycles. The highest BCUT2D eigenvalue weighted by atomic mass is 16.4. The van der Waals surface area contributed by atoms with Gasteiger partial charge in [0.25, 0.3) is 0 Å². The van der Waals surface area contributed by atoms with Crippen molar-refractivity contribution in [2.24, 2.45) is 0 Å². The highest BCUT2D eigenvalue weighted by Crippen LogP contribution is 2.33. The summed E-state index contributed by atoms with van der Waals surface area (Å²) in [6.07, 6.45) is 5.51. The zero-order valence-electron chi connectivity index (χ0n) is 18.7. The summed E-state index contributed by atoms with van der Waals surface area (Å²) in [5.41, 5.74) is 5.66. The average molecular weight is 371 g/mol. The van der Waals surface area contributed by atoms with Gasteiger partial charge in [0.15, 0.2) is 0 Å². The van der Waals surface area contributed by atoms with Gasteiger partial charge < -0.3 is 5.11 Å². The van der Waals surface area contributed by atoms with Crippen LogP contribution in [0.25, 0.3) is 0 Å². The minimum absolute atomic E-state index is 0.114. The highest BCUT2D eigenvalue weighted by molar-refractivity contribution is 5.87. The fourth-order valence-electron chi connectivity index (χ4n) is 3.09. The number of benzene rings is 1. The van der Waals surface area contributed by atoms with Gasteiger partial charge in [-0.15, -0.1) is 0 Å². The van der Waals surface area contributed by atoms with Crippen LogP contribution < -0.4 is 0 Å². The molecule has 1 rings (SSSR count). The smallest absolute Gasteiger partial charge is 0.331 e. The van der Waals surface area contributed by atoms with Crippen molar-refractivity contribution in [1.82, 2.24) is 0 Å². The van der Waals surface area contributed by atoms with Gasteiger partial charge in [-0.3, -0.25) is 0 Å². The first-order chi connectivity index (χ1) is 12.3. The van der Waals surface area contributed by atoms with E-state index in [0.717, 1.165) is 12.0 Å². The third kappa shape index (κ3) is 6.68. The maximum absolute atomic E-state index is 11.3. The molecule has 0 spiro atoms. The van der Waals surface area contributed by atoms with E-state index in [1.807, 2.05) is 19.9 Å². The maximum Gasteiger partial charge on any atom is 0.331 e. The van der Waals surface area contributed by atoms with Gasteiger partial charge in [0.05, 0.1) is 0 Å². The van der Waals surface area contributed by atoms with E-state index in [-0.39, 0.29) is 10.8 Å². The SMILES string of the molecule is CCC(C(=O)O)=C(C)C=CCC(C)c1cc(C(C)(C)C)cc(C(C)(C)C)c1. The van der Waals surface area contributed by atoms with E-state index < -0.39 is 5.97 Å². The predicted octanol–water partition coefficient (Wildman–Crippen LogP) is 7.14. The molecule has 0 amide bonds. The molecule has 1 N–H and O–H groups in total. The van der Waals surface area contributed by atoms with E-state index in [9.17, 15) is 9.90 Å². The van der Waals surface area contributed by atoms with Gasteiger partial charge in [-0.1, -0.05) is 85.7 Å². The fraction of sp³-hybridized carbons (Fsp3) is 0.560. The molecule has 0 bridgehead atoms.